The summed E-state index contributed by atoms with van der Waals surface area (Å²) in [6.45, 7) is 0. The zero-order valence-corrected chi connectivity index (χ0v) is 60.1. The van der Waals surface area contributed by atoms with E-state index in [1.807, 2.05) is 18.6 Å². The van der Waals surface area contributed by atoms with E-state index in [-0.39, 0.29) is 0 Å². The van der Waals surface area contributed by atoms with Gasteiger partial charge < -0.3 is 9.32 Å². The normalized spacial score (nSPS) is 12.7. The molecule has 0 bridgehead atoms. The van der Waals surface area contributed by atoms with Crippen LogP contribution in [0.3, 0.4) is 0 Å². The maximum atomic E-state index is 6.23. The highest BCUT2D eigenvalue weighted by atomic mass is 16.3. The van der Waals surface area contributed by atoms with Crippen molar-refractivity contribution in [3.05, 3.63) is 411 Å². The Balaban J connectivity index is 0.000000147. The Hall–Kier alpha value is -14.7. The summed E-state index contributed by atoms with van der Waals surface area (Å²) in [6.07, 6.45) is 7.83. The molecule has 22 aromatic rings. The SMILES string of the molecule is c1ccc(N2c3ccccc3C3(c4ccccc4-c4cc(-c5ccc(-c6c7ccccc7c(-c7cc8ccc9cccc%10ccc(c7)c8c9%10)c7ccccc67)cn5)ccc43)c3ccccc32)cc1.c1ccc2cc3c(cc2c1)oc1ccc(-c2ccc(-c4c5ccccc5c(-c5ccncc5)c5ccccc45)cn2)cc13. The molecule has 18 aromatic carbocycles. The second-order valence-corrected chi connectivity index (χ2v) is 29.6. The monoisotopic (exact) mass is 1410 g/mol. The van der Waals surface area contributed by atoms with E-state index in [0.717, 1.165) is 66.8 Å². The molecule has 1 spiro atoms. The van der Waals surface area contributed by atoms with E-state index in [2.05, 4.69) is 380 Å². The fourth-order valence-electron chi connectivity index (χ4n) is 19.1. The predicted octanol–water partition coefficient (Wildman–Crippen LogP) is 28.3. The average molecular weight is 1410 g/mol. The van der Waals surface area contributed by atoms with Crippen LogP contribution in [-0.4, -0.2) is 15.0 Å². The van der Waals surface area contributed by atoms with Crippen LogP contribution in [0.15, 0.2) is 393 Å². The highest BCUT2D eigenvalue weighted by Gasteiger charge is 2.51. The molecule has 0 fully saturated rings. The third-order valence-corrected chi connectivity index (χ3v) is 23.8. The average Bonchev–Trinajstić information content (AvgIpc) is 1.56. The first-order chi connectivity index (χ1) is 55.1. The van der Waals surface area contributed by atoms with Crippen LogP contribution in [0.4, 0.5) is 17.1 Å². The summed E-state index contributed by atoms with van der Waals surface area (Å²) in [4.78, 5) is 17.0. The number of pyridine rings is 3. The Labute approximate surface area is 639 Å². The number of hydrogen-bond donors (Lipinski definition) is 0. The summed E-state index contributed by atoms with van der Waals surface area (Å²) in [7, 11) is 0. The number of hydrogen-bond acceptors (Lipinski definition) is 5. The number of nitrogens with zero attached hydrogens (tertiary/aromatic N) is 4. The number of rotatable bonds is 7. The summed E-state index contributed by atoms with van der Waals surface area (Å²) in [5.41, 5.74) is 26.1. The highest BCUT2D eigenvalue weighted by molar-refractivity contribution is 6.27. The van der Waals surface area contributed by atoms with Crippen molar-refractivity contribution in [2.45, 2.75) is 5.41 Å². The van der Waals surface area contributed by atoms with Gasteiger partial charge in [0.25, 0.3) is 0 Å². The van der Waals surface area contributed by atoms with E-state index < -0.39 is 5.41 Å². The lowest BCUT2D eigenvalue weighted by molar-refractivity contribution is 0.669. The molecule has 0 unspecified atom stereocenters. The molecule has 0 saturated heterocycles. The molecular weight excluding hydrogens is 1350 g/mol. The van der Waals surface area contributed by atoms with Crippen molar-refractivity contribution in [3.8, 4) is 78.1 Å². The standard InChI is InChI=1S/C66H40N2.C40H24N2O/c1-2-17-48(18-3-1)68-60-27-12-10-25-57(60)66(58-26-11-13-28-61(58)68)55-24-9-8-19-49(55)54-39-43(33-35-56(54)66)59-36-34-46(40-67-59)64-50-20-4-6-22-52(50)65(53-23-7-5-21-51(53)64)47-37-44-31-29-41-15-14-16-42-30-32-45(38-47)63(44)62(41)42;1-2-8-27-23-38-35(21-26(27)7-1)34-22-28(14-16-37(34)43-38)36-15-13-29(24-42-36)40-32-11-5-3-9-30(32)39(25-17-19-41-20-18-25)31-10-4-6-12-33(31)40/h1-40H;1-24H. The fraction of sp³-hybridized carbons (Fsp3) is 0.00943. The topological polar surface area (TPSA) is 55.1 Å². The van der Waals surface area contributed by atoms with Crippen LogP contribution in [0.1, 0.15) is 22.3 Å². The Morgan fingerprint density at radius 2 is 0.667 bits per heavy atom. The van der Waals surface area contributed by atoms with Gasteiger partial charge in [0.15, 0.2) is 0 Å². The second-order valence-electron chi connectivity index (χ2n) is 29.6. The minimum Gasteiger partial charge on any atom is -0.456 e. The van der Waals surface area contributed by atoms with E-state index in [4.69, 9.17) is 14.4 Å². The van der Waals surface area contributed by atoms with Gasteiger partial charge in [-0.3, -0.25) is 15.0 Å². The molecule has 1 aliphatic carbocycles. The van der Waals surface area contributed by atoms with Gasteiger partial charge in [0.1, 0.15) is 11.2 Å². The molecule has 0 atom stereocenters. The molecule has 5 nitrogen and oxygen atoms in total. The predicted molar refractivity (Wildman–Crippen MR) is 463 cm³/mol. The van der Waals surface area contributed by atoms with E-state index in [9.17, 15) is 0 Å². The molecule has 514 valence electrons. The van der Waals surface area contributed by atoms with E-state index in [1.54, 1.807) is 0 Å². The second kappa shape index (κ2) is 24.7. The van der Waals surface area contributed by atoms with Gasteiger partial charge in [0.2, 0.25) is 0 Å². The maximum absolute atomic E-state index is 6.23. The van der Waals surface area contributed by atoms with Crippen molar-refractivity contribution in [1.29, 1.82) is 0 Å². The first-order valence-electron chi connectivity index (χ1n) is 38.1. The quantitative estimate of drug-likeness (QED) is 0.118. The molecule has 4 aromatic heterocycles. The number of benzene rings is 18. The van der Waals surface area contributed by atoms with E-state index >= 15 is 0 Å². The molecule has 111 heavy (non-hydrogen) atoms. The molecule has 0 amide bonds. The van der Waals surface area contributed by atoms with Crippen LogP contribution in [0.25, 0.3) is 186 Å². The third-order valence-electron chi connectivity index (χ3n) is 23.8. The summed E-state index contributed by atoms with van der Waals surface area (Å²) < 4.78 is 6.23. The van der Waals surface area contributed by atoms with Crippen molar-refractivity contribution < 1.29 is 4.42 Å². The first-order valence-corrected chi connectivity index (χ1v) is 38.1. The summed E-state index contributed by atoms with van der Waals surface area (Å²) in [5, 5.41) is 22.2. The smallest absolute Gasteiger partial charge is 0.136 e. The zero-order valence-electron chi connectivity index (χ0n) is 60.1. The van der Waals surface area contributed by atoms with Gasteiger partial charge in [0.05, 0.1) is 28.2 Å². The molecule has 5 heterocycles. The lowest BCUT2D eigenvalue weighted by Gasteiger charge is -2.45. The number of furan rings is 1. The van der Waals surface area contributed by atoms with Crippen molar-refractivity contribution in [3.63, 3.8) is 0 Å². The van der Waals surface area contributed by atoms with E-state index in [1.165, 1.54) is 159 Å². The van der Waals surface area contributed by atoms with Gasteiger partial charge in [-0.25, -0.2) is 0 Å². The molecule has 1 aliphatic heterocycles. The van der Waals surface area contributed by atoms with Gasteiger partial charge in [-0.15, -0.1) is 0 Å². The Kier molecular flexibility index (Phi) is 13.9. The lowest BCUT2D eigenvalue weighted by Crippen LogP contribution is -2.36. The van der Waals surface area contributed by atoms with Gasteiger partial charge in [-0.05, 0) is 250 Å². The summed E-state index contributed by atoms with van der Waals surface area (Å²) >= 11 is 0. The Bertz CT molecular complexity index is 7350. The van der Waals surface area contributed by atoms with Crippen LogP contribution in [0.5, 0.6) is 0 Å². The van der Waals surface area contributed by atoms with Crippen molar-refractivity contribution >= 4 is 125 Å². The molecule has 2 aliphatic rings. The number of aromatic nitrogens is 3. The van der Waals surface area contributed by atoms with Gasteiger partial charge >= 0.3 is 0 Å². The Morgan fingerprint density at radius 3 is 1.23 bits per heavy atom. The molecule has 0 radical (unpaired) electrons. The van der Waals surface area contributed by atoms with Crippen molar-refractivity contribution in [2.75, 3.05) is 4.90 Å². The minimum absolute atomic E-state index is 0.493. The number of anilines is 3. The lowest BCUT2D eigenvalue weighted by atomic mass is 9.64. The van der Waals surface area contributed by atoms with E-state index in [0.29, 0.717) is 0 Å². The van der Waals surface area contributed by atoms with Crippen LogP contribution in [0.2, 0.25) is 0 Å². The Morgan fingerprint density at radius 1 is 0.243 bits per heavy atom. The molecule has 5 heteroatoms. The first kappa shape index (κ1) is 62.5. The van der Waals surface area contributed by atoms with Crippen LogP contribution in [-0.2, 0) is 5.41 Å². The number of fused-ring (bicyclic) bond motifs is 17. The molecule has 0 saturated carbocycles. The van der Waals surface area contributed by atoms with Gasteiger partial charge in [-0.1, -0.05) is 267 Å². The molecule has 24 rings (SSSR count). The third kappa shape index (κ3) is 9.53. The van der Waals surface area contributed by atoms with Crippen LogP contribution < -0.4 is 4.90 Å². The largest absolute Gasteiger partial charge is 0.456 e. The zero-order chi connectivity index (χ0) is 72.8. The highest BCUT2D eigenvalue weighted by Crippen LogP contribution is 2.64. The molecular formula is C106H64N4O. The van der Waals surface area contributed by atoms with Gasteiger partial charge in [-0.2, -0.15) is 0 Å². The van der Waals surface area contributed by atoms with Crippen LogP contribution >= 0.6 is 0 Å². The number of para-hydroxylation sites is 3. The van der Waals surface area contributed by atoms with Crippen molar-refractivity contribution in [2.24, 2.45) is 0 Å². The summed E-state index contributed by atoms with van der Waals surface area (Å²) in [6, 6.07) is 133. The maximum Gasteiger partial charge on any atom is 0.136 e. The van der Waals surface area contributed by atoms with Crippen LogP contribution in [0, 0.1) is 0 Å². The van der Waals surface area contributed by atoms with Gasteiger partial charge in [0, 0.05) is 63.5 Å². The molecule has 0 N–H and O–H groups in total. The minimum atomic E-state index is -0.493. The van der Waals surface area contributed by atoms with Crippen molar-refractivity contribution in [1.82, 2.24) is 15.0 Å². The fourth-order valence-corrected chi connectivity index (χ4v) is 19.1. The summed E-state index contributed by atoms with van der Waals surface area (Å²) in [5.74, 6) is 0.